The number of aromatic nitrogens is 2. The van der Waals surface area contributed by atoms with Gasteiger partial charge in [0.2, 0.25) is 5.95 Å². The maximum Gasteiger partial charge on any atom is 0.436 e. The van der Waals surface area contributed by atoms with Gasteiger partial charge in [0.25, 0.3) is 0 Å². The molecule has 0 unspecified atom stereocenters. The highest BCUT2D eigenvalue weighted by molar-refractivity contribution is 5.85. The van der Waals surface area contributed by atoms with Crippen molar-refractivity contribution in [1.29, 1.82) is 0 Å². The van der Waals surface area contributed by atoms with Crippen LogP contribution in [0.1, 0.15) is 11.1 Å². The van der Waals surface area contributed by atoms with Crippen LogP contribution in [0.5, 0.6) is 5.75 Å². The van der Waals surface area contributed by atoms with Crippen LogP contribution in [0.15, 0.2) is 48.5 Å². The van der Waals surface area contributed by atoms with Crippen molar-refractivity contribution in [2.24, 2.45) is 0 Å². The Hall–Kier alpha value is -3.85. The third-order valence-electron chi connectivity index (χ3n) is 5.68. The van der Waals surface area contributed by atoms with Gasteiger partial charge in [0.1, 0.15) is 5.75 Å². The highest BCUT2D eigenvalue weighted by Gasteiger charge is 2.30. The first-order valence-electron chi connectivity index (χ1n) is 10.9. The summed E-state index contributed by atoms with van der Waals surface area (Å²) in [6, 6.07) is 14.5. The van der Waals surface area contributed by atoms with E-state index in [4.69, 9.17) is 19.5 Å². The van der Waals surface area contributed by atoms with Gasteiger partial charge in [-0.3, -0.25) is 5.32 Å². The number of hydrogen-bond donors (Lipinski definition) is 2. The molecule has 3 aromatic rings. The minimum Gasteiger partial charge on any atom is -0.508 e. The number of hydrogen-bond acceptors (Lipinski definition) is 8. The summed E-state index contributed by atoms with van der Waals surface area (Å²) in [4.78, 5) is 29.8. The molecule has 9 nitrogen and oxygen atoms in total. The molecule has 0 aliphatic carbocycles. The van der Waals surface area contributed by atoms with Gasteiger partial charge in [0, 0.05) is 29.9 Å². The summed E-state index contributed by atoms with van der Waals surface area (Å²) >= 11 is 0. The second kappa shape index (κ2) is 8.95. The number of nitrogens with one attached hydrogen (secondary N) is 1. The number of fused-ring (bicyclic) bond motifs is 1. The van der Waals surface area contributed by atoms with E-state index in [1.54, 1.807) is 18.2 Å². The Balaban J connectivity index is 1.45. The normalized spacial score (nSPS) is 15.3. The van der Waals surface area contributed by atoms with Gasteiger partial charge in [-0.15, -0.1) is 0 Å². The number of phenols is 1. The number of amides is 1. The number of hydroxylamine groups is 1. The highest BCUT2D eigenvalue weighted by Crippen LogP contribution is 2.36. The lowest BCUT2D eigenvalue weighted by Gasteiger charge is -2.28. The predicted molar refractivity (Wildman–Crippen MR) is 124 cm³/mol. The van der Waals surface area contributed by atoms with Crippen LogP contribution in [0.3, 0.4) is 0 Å². The van der Waals surface area contributed by atoms with Crippen LogP contribution in [-0.4, -0.2) is 54.0 Å². The molecule has 170 valence electrons. The van der Waals surface area contributed by atoms with Crippen LogP contribution in [0.25, 0.3) is 11.3 Å². The smallest absolute Gasteiger partial charge is 0.436 e. The Labute approximate surface area is 191 Å². The number of carbonyl (C=O) groups excluding carboxylic acids is 1. The number of ether oxygens (including phenoxy) is 1. The Morgan fingerprint density at radius 2 is 1.88 bits per heavy atom. The minimum atomic E-state index is -0.586. The standard InChI is InChI=1S/C24H25N5O4/c1-16-5-7-18(8-6-16)25-24(31)33-29-10-9-20-21(17-3-2-4-19(30)15-17)26-23(27-22(20)29)28-11-13-32-14-12-28/h2-8,15,30H,9-14H2,1H3,(H,25,31). The first kappa shape index (κ1) is 21.0. The molecule has 2 aliphatic rings. The molecule has 0 radical (unpaired) electrons. The number of benzene rings is 2. The van der Waals surface area contributed by atoms with E-state index in [0.717, 1.165) is 22.4 Å². The van der Waals surface area contributed by atoms with Crippen molar-refractivity contribution >= 4 is 23.5 Å². The van der Waals surface area contributed by atoms with Crippen LogP contribution >= 0.6 is 0 Å². The van der Waals surface area contributed by atoms with E-state index >= 15 is 0 Å². The van der Waals surface area contributed by atoms with E-state index in [0.29, 0.717) is 56.7 Å². The second-order valence-electron chi connectivity index (χ2n) is 8.05. The van der Waals surface area contributed by atoms with Crippen molar-refractivity contribution in [3.05, 3.63) is 59.7 Å². The average Bonchev–Trinajstić information content (AvgIpc) is 3.23. The first-order valence-corrected chi connectivity index (χ1v) is 10.9. The van der Waals surface area contributed by atoms with Crippen LogP contribution in [0, 0.1) is 6.92 Å². The van der Waals surface area contributed by atoms with Gasteiger partial charge in [0.15, 0.2) is 5.82 Å². The molecule has 33 heavy (non-hydrogen) atoms. The van der Waals surface area contributed by atoms with E-state index in [-0.39, 0.29) is 5.75 Å². The van der Waals surface area contributed by atoms with Crippen LogP contribution in [0.2, 0.25) is 0 Å². The van der Waals surface area contributed by atoms with Gasteiger partial charge in [0.05, 0.1) is 25.5 Å². The van der Waals surface area contributed by atoms with E-state index in [2.05, 4.69) is 10.2 Å². The molecule has 0 saturated carbocycles. The molecule has 1 fully saturated rings. The Morgan fingerprint density at radius 1 is 1.09 bits per heavy atom. The average molecular weight is 447 g/mol. The number of rotatable bonds is 4. The molecule has 3 heterocycles. The van der Waals surface area contributed by atoms with Gasteiger partial charge >= 0.3 is 6.09 Å². The molecule has 2 aromatic carbocycles. The second-order valence-corrected chi connectivity index (χ2v) is 8.05. The van der Waals surface area contributed by atoms with Gasteiger partial charge in [-0.2, -0.15) is 10.0 Å². The first-order chi connectivity index (χ1) is 16.1. The molecule has 1 amide bonds. The SMILES string of the molecule is Cc1ccc(NC(=O)ON2CCc3c(-c4cccc(O)c4)nc(N4CCOCC4)nc32)cc1. The molecule has 9 heteroatoms. The van der Waals surface area contributed by atoms with Crippen molar-refractivity contribution in [3.8, 4) is 17.0 Å². The molecule has 0 spiro atoms. The van der Waals surface area contributed by atoms with Crippen LogP contribution in [-0.2, 0) is 16.0 Å². The van der Waals surface area contributed by atoms with E-state index in [9.17, 15) is 9.90 Å². The summed E-state index contributed by atoms with van der Waals surface area (Å²) in [7, 11) is 0. The van der Waals surface area contributed by atoms with Gasteiger partial charge < -0.3 is 19.6 Å². The van der Waals surface area contributed by atoms with Gasteiger partial charge in [-0.25, -0.2) is 9.78 Å². The fourth-order valence-corrected chi connectivity index (χ4v) is 3.98. The summed E-state index contributed by atoms with van der Waals surface area (Å²) in [5, 5.41) is 14.3. The molecule has 2 aliphatic heterocycles. The molecule has 1 aromatic heterocycles. The zero-order valence-corrected chi connectivity index (χ0v) is 18.3. The maximum absolute atomic E-state index is 12.6. The highest BCUT2D eigenvalue weighted by atomic mass is 16.7. The number of aromatic hydroxyl groups is 1. The Kier molecular flexibility index (Phi) is 5.70. The van der Waals surface area contributed by atoms with Crippen molar-refractivity contribution in [2.45, 2.75) is 13.3 Å². The molecule has 0 atom stereocenters. The van der Waals surface area contributed by atoms with Crippen molar-refractivity contribution in [1.82, 2.24) is 9.97 Å². The quantitative estimate of drug-likeness (QED) is 0.627. The fourth-order valence-electron chi connectivity index (χ4n) is 3.98. The number of anilines is 3. The van der Waals surface area contributed by atoms with Crippen molar-refractivity contribution < 1.29 is 19.5 Å². The van der Waals surface area contributed by atoms with Crippen LogP contribution in [0.4, 0.5) is 22.2 Å². The predicted octanol–water partition coefficient (Wildman–Crippen LogP) is 3.52. The lowest BCUT2D eigenvalue weighted by molar-refractivity contribution is 0.122. The Morgan fingerprint density at radius 3 is 2.64 bits per heavy atom. The summed E-state index contributed by atoms with van der Waals surface area (Å²) in [5.41, 5.74) is 4.15. The molecule has 1 saturated heterocycles. The molecular formula is C24H25N5O4. The van der Waals surface area contributed by atoms with E-state index in [1.807, 2.05) is 37.3 Å². The summed E-state index contributed by atoms with van der Waals surface area (Å²) in [6.45, 7) is 4.99. The van der Waals surface area contributed by atoms with Crippen LogP contribution < -0.4 is 15.3 Å². The fraction of sp³-hybridized carbons (Fsp3) is 0.292. The van der Waals surface area contributed by atoms with Gasteiger partial charge in [-0.1, -0.05) is 29.8 Å². The third kappa shape index (κ3) is 4.54. The van der Waals surface area contributed by atoms with E-state index < -0.39 is 6.09 Å². The zero-order valence-electron chi connectivity index (χ0n) is 18.3. The minimum absolute atomic E-state index is 0.163. The maximum atomic E-state index is 12.6. The number of carbonyl (C=O) groups is 1. The number of aryl methyl sites for hydroxylation is 1. The molecule has 5 rings (SSSR count). The number of phenolic OH excluding ortho intramolecular Hbond substituents is 1. The largest absolute Gasteiger partial charge is 0.508 e. The van der Waals surface area contributed by atoms with E-state index in [1.165, 1.54) is 5.06 Å². The summed E-state index contributed by atoms with van der Waals surface area (Å²) < 4.78 is 5.46. The number of morpholine rings is 1. The number of nitrogens with zero attached hydrogens (tertiary/aromatic N) is 4. The Bertz CT molecular complexity index is 1160. The topological polar surface area (TPSA) is 100 Å². The molecular weight excluding hydrogens is 422 g/mol. The zero-order chi connectivity index (χ0) is 22.8. The monoisotopic (exact) mass is 447 g/mol. The van der Waals surface area contributed by atoms with Gasteiger partial charge in [-0.05, 0) is 37.6 Å². The molecule has 0 bridgehead atoms. The third-order valence-corrected chi connectivity index (χ3v) is 5.68. The lowest BCUT2D eigenvalue weighted by atomic mass is 10.1. The molecule has 2 N–H and O–H groups in total. The summed E-state index contributed by atoms with van der Waals surface area (Å²) in [6.07, 6.45) is 0.0266. The lowest BCUT2D eigenvalue weighted by Crippen LogP contribution is -2.37. The van der Waals surface area contributed by atoms with Crippen molar-refractivity contribution in [2.75, 3.05) is 48.1 Å². The summed E-state index contributed by atoms with van der Waals surface area (Å²) in [5.74, 6) is 1.27. The van der Waals surface area contributed by atoms with Crippen molar-refractivity contribution in [3.63, 3.8) is 0 Å².